The van der Waals surface area contributed by atoms with Gasteiger partial charge < -0.3 is 10.4 Å². The molecule has 1 aliphatic rings. The summed E-state index contributed by atoms with van der Waals surface area (Å²) in [6, 6.07) is 4.55. The summed E-state index contributed by atoms with van der Waals surface area (Å²) >= 11 is 0. The number of hydrogen-bond donors (Lipinski definition) is 2. The van der Waals surface area contributed by atoms with Crippen molar-refractivity contribution < 1.29 is 19.1 Å². The lowest BCUT2D eigenvalue weighted by Crippen LogP contribution is -2.36. The van der Waals surface area contributed by atoms with Crippen LogP contribution in [0.25, 0.3) is 0 Å². The third kappa shape index (κ3) is 2.98. The van der Waals surface area contributed by atoms with Crippen LogP contribution in [0, 0.1) is 24.6 Å². The van der Waals surface area contributed by atoms with E-state index >= 15 is 0 Å². The molecule has 108 valence electrons. The molecule has 2 atom stereocenters. The molecule has 5 heteroatoms. The molecule has 4 nitrogen and oxygen atoms in total. The maximum absolute atomic E-state index is 13.7. The van der Waals surface area contributed by atoms with Gasteiger partial charge in [0, 0.05) is 0 Å². The van der Waals surface area contributed by atoms with Crippen molar-refractivity contribution in [2.24, 2.45) is 11.8 Å². The fourth-order valence-electron chi connectivity index (χ4n) is 2.75. The van der Waals surface area contributed by atoms with Crippen molar-refractivity contribution in [3.05, 3.63) is 29.6 Å². The monoisotopic (exact) mass is 279 g/mol. The number of benzene rings is 1. The van der Waals surface area contributed by atoms with Crippen LogP contribution in [0.5, 0.6) is 0 Å². The molecule has 1 aliphatic carbocycles. The van der Waals surface area contributed by atoms with Gasteiger partial charge in [-0.15, -0.1) is 0 Å². The van der Waals surface area contributed by atoms with E-state index in [1.165, 1.54) is 6.07 Å². The van der Waals surface area contributed by atoms with Crippen LogP contribution in [0.4, 0.5) is 10.1 Å². The third-order valence-corrected chi connectivity index (χ3v) is 3.89. The predicted octanol–water partition coefficient (Wildman–Crippen LogP) is 2.96. The van der Waals surface area contributed by atoms with Crippen molar-refractivity contribution >= 4 is 17.6 Å². The predicted molar refractivity (Wildman–Crippen MR) is 72.9 cm³/mol. The summed E-state index contributed by atoms with van der Waals surface area (Å²) in [6.07, 6.45) is 2.69. The van der Waals surface area contributed by atoms with Gasteiger partial charge in [-0.05, 0) is 31.4 Å². The third-order valence-electron chi connectivity index (χ3n) is 3.89. The van der Waals surface area contributed by atoms with Gasteiger partial charge in [0.1, 0.15) is 5.82 Å². The van der Waals surface area contributed by atoms with E-state index in [1.54, 1.807) is 19.1 Å². The number of anilines is 1. The first-order valence-corrected chi connectivity index (χ1v) is 6.79. The first-order chi connectivity index (χ1) is 9.50. The summed E-state index contributed by atoms with van der Waals surface area (Å²) in [4.78, 5) is 23.4. The average molecular weight is 279 g/mol. The van der Waals surface area contributed by atoms with E-state index in [0.717, 1.165) is 12.8 Å². The molecule has 1 fully saturated rings. The second-order valence-electron chi connectivity index (χ2n) is 5.26. The Morgan fingerprint density at radius 1 is 1.25 bits per heavy atom. The summed E-state index contributed by atoms with van der Waals surface area (Å²) in [5, 5.41) is 11.7. The topological polar surface area (TPSA) is 66.4 Å². The second kappa shape index (κ2) is 6.03. The lowest BCUT2D eigenvalue weighted by Gasteiger charge is -2.27. The van der Waals surface area contributed by atoms with Crippen molar-refractivity contribution in [2.75, 3.05) is 5.32 Å². The lowest BCUT2D eigenvalue weighted by molar-refractivity contribution is -0.147. The molecular formula is C15H18FNO3. The van der Waals surface area contributed by atoms with E-state index in [1.807, 2.05) is 0 Å². The van der Waals surface area contributed by atoms with Crippen LogP contribution in [0.1, 0.15) is 31.2 Å². The number of carboxylic acid groups (broad SMARTS) is 1. The Bertz CT molecular complexity index is 510. The highest BCUT2D eigenvalue weighted by Crippen LogP contribution is 2.32. The fourth-order valence-corrected chi connectivity index (χ4v) is 2.75. The molecule has 0 spiro atoms. The quantitative estimate of drug-likeness (QED) is 0.894. The maximum Gasteiger partial charge on any atom is 0.307 e. The molecule has 1 aromatic carbocycles. The van der Waals surface area contributed by atoms with Crippen LogP contribution in [-0.2, 0) is 9.59 Å². The SMILES string of the molecule is Cc1cccc(F)c1NC(=O)C1CCCCC1C(=O)O. The Morgan fingerprint density at radius 3 is 2.50 bits per heavy atom. The minimum absolute atomic E-state index is 0.146. The smallest absolute Gasteiger partial charge is 0.307 e. The van der Waals surface area contributed by atoms with Gasteiger partial charge in [-0.25, -0.2) is 4.39 Å². The molecule has 0 heterocycles. The Hall–Kier alpha value is -1.91. The van der Waals surface area contributed by atoms with Gasteiger partial charge in [0.05, 0.1) is 17.5 Å². The number of rotatable bonds is 3. The summed E-state index contributed by atoms with van der Waals surface area (Å²) in [5.74, 6) is -3.10. The Morgan fingerprint density at radius 2 is 1.90 bits per heavy atom. The van der Waals surface area contributed by atoms with Crippen LogP contribution in [0.15, 0.2) is 18.2 Å². The van der Waals surface area contributed by atoms with E-state index in [2.05, 4.69) is 5.32 Å². The molecule has 1 saturated carbocycles. The molecule has 2 unspecified atom stereocenters. The van der Waals surface area contributed by atoms with Gasteiger partial charge in [0.2, 0.25) is 5.91 Å². The molecular weight excluding hydrogens is 261 g/mol. The van der Waals surface area contributed by atoms with E-state index in [-0.39, 0.29) is 5.69 Å². The summed E-state index contributed by atoms with van der Waals surface area (Å²) < 4.78 is 13.7. The van der Waals surface area contributed by atoms with Gasteiger partial charge in [-0.3, -0.25) is 9.59 Å². The minimum Gasteiger partial charge on any atom is -0.481 e. The Balaban J connectivity index is 2.16. The molecule has 20 heavy (non-hydrogen) atoms. The van der Waals surface area contributed by atoms with Crippen molar-refractivity contribution in [3.63, 3.8) is 0 Å². The summed E-state index contributed by atoms with van der Waals surface area (Å²) in [7, 11) is 0. The fraction of sp³-hybridized carbons (Fsp3) is 0.467. The van der Waals surface area contributed by atoms with Crippen LogP contribution in [0.2, 0.25) is 0 Å². The van der Waals surface area contributed by atoms with Gasteiger partial charge in [-0.1, -0.05) is 25.0 Å². The van der Waals surface area contributed by atoms with Crippen molar-refractivity contribution in [2.45, 2.75) is 32.6 Å². The van der Waals surface area contributed by atoms with E-state index in [4.69, 9.17) is 0 Å². The van der Waals surface area contributed by atoms with Gasteiger partial charge in [-0.2, -0.15) is 0 Å². The number of aryl methyl sites for hydroxylation is 1. The van der Waals surface area contributed by atoms with Crippen LogP contribution in [-0.4, -0.2) is 17.0 Å². The number of halogens is 1. The molecule has 0 radical (unpaired) electrons. The Kier molecular flexibility index (Phi) is 4.37. The number of carboxylic acids is 1. The van der Waals surface area contributed by atoms with Gasteiger partial charge >= 0.3 is 5.97 Å². The van der Waals surface area contributed by atoms with E-state index in [9.17, 15) is 19.1 Å². The van der Waals surface area contributed by atoms with E-state index < -0.39 is 29.5 Å². The normalized spacial score (nSPS) is 22.3. The van der Waals surface area contributed by atoms with Crippen molar-refractivity contribution in [3.8, 4) is 0 Å². The molecule has 1 amide bonds. The second-order valence-corrected chi connectivity index (χ2v) is 5.26. The number of para-hydroxylation sites is 1. The average Bonchev–Trinajstić information content (AvgIpc) is 2.43. The zero-order valence-corrected chi connectivity index (χ0v) is 11.4. The molecule has 0 aliphatic heterocycles. The molecule has 2 rings (SSSR count). The molecule has 2 N–H and O–H groups in total. The highest BCUT2D eigenvalue weighted by molar-refractivity contribution is 5.95. The standard InChI is InChI=1S/C15H18FNO3/c1-9-5-4-8-12(16)13(9)17-14(18)10-6-2-3-7-11(10)15(19)20/h4-5,8,10-11H,2-3,6-7H2,1H3,(H,17,18)(H,19,20). The minimum atomic E-state index is -0.949. The van der Waals surface area contributed by atoms with Crippen LogP contribution >= 0.6 is 0 Å². The Labute approximate surface area is 117 Å². The zero-order chi connectivity index (χ0) is 14.7. The zero-order valence-electron chi connectivity index (χ0n) is 11.4. The van der Waals surface area contributed by atoms with Crippen molar-refractivity contribution in [1.29, 1.82) is 0 Å². The van der Waals surface area contributed by atoms with Gasteiger partial charge in [0.25, 0.3) is 0 Å². The summed E-state index contributed by atoms with van der Waals surface area (Å²) in [5.41, 5.74) is 0.772. The highest BCUT2D eigenvalue weighted by atomic mass is 19.1. The number of hydrogen-bond acceptors (Lipinski definition) is 2. The first kappa shape index (κ1) is 14.5. The molecule has 1 aromatic rings. The molecule has 0 aromatic heterocycles. The van der Waals surface area contributed by atoms with Crippen LogP contribution < -0.4 is 5.32 Å². The van der Waals surface area contributed by atoms with E-state index in [0.29, 0.717) is 18.4 Å². The number of amides is 1. The van der Waals surface area contributed by atoms with Crippen molar-refractivity contribution in [1.82, 2.24) is 0 Å². The largest absolute Gasteiger partial charge is 0.481 e. The number of nitrogens with one attached hydrogen (secondary N) is 1. The number of carbonyl (C=O) groups is 2. The summed E-state index contributed by atoms with van der Waals surface area (Å²) in [6.45, 7) is 1.70. The first-order valence-electron chi connectivity index (χ1n) is 6.79. The molecule has 0 saturated heterocycles. The number of aliphatic carboxylic acids is 1. The van der Waals surface area contributed by atoms with Gasteiger partial charge in [0.15, 0.2) is 0 Å². The highest BCUT2D eigenvalue weighted by Gasteiger charge is 2.36. The van der Waals surface area contributed by atoms with Crippen LogP contribution in [0.3, 0.4) is 0 Å². The maximum atomic E-state index is 13.7. The lowest BCUT2D eigenvalue weighted by atomic mass is 9.78. The molecule has 0 bridgehead atoms. The number of carbonyl (C=O) groups excluding carboxylic acids is 1.